The Balaban J connectivity index is 1.62. The SMILES string of the molecule is CC(=O)Nc1ccc(NS(=O)(=O)c2cc3c4c(c2)CCN4C(=O)CC3)cc1. The number of carbonyl (C=O) groups is 2. The summed E-state index contributed by atoms with van der Waals surface area (Å²) >= 11 is 0. The van der Waals surface area contributed by atoms with Crippen molar-refractivity contribution >= 4 is 38.9 Å². The second-order valence-electron chi connectivity index (χ2n) is 6.75. The number of benzene rings is 2. The molecule has 0 saturated carbocycles. The Labute approximate surface area is 157 Å². The minimum Gasteiger partial charge on any atom is -0.326 e. The molecule has 0 bridgehead atoms. The third-order valence-electron chi connectivity index (χ3n) is 4.79. The number of nitrogens with one attached hydrogen (secondary N) is 2. The lowest BCUT2D eigenvalue weighted by atomic mass is 10.00. The summed E-state index contributed by atoms with van der Waals surface area (Å²) in [7, 11) is -3.75. The molecule has 2 aromatic carbocycles. The summed E-state index contributed by atoms with van der Waals surface area (Å²) in [6, 6.07) is 9.79. The van der Waals surface area contributed by atoms with Crippen LogP contribution in [0, 0.1) is 0 Å². The fourth-order valence-electron chi connectivity index (χ4n) is 3.62. The van der Waals surface area contributed by atoms with Crippen LogP contribution in [0.15, 0.2) is 41.3 Å². The number of nitrogens with zero attached hydrogens (tertiary/aromatic N) is 1. The van der Waals surface area contributed by atoms with Crippen molar-refractivity contribution in [2.45, 2.75) is 31.1 Å². The van der Waals surface area contributed by atoms with Crippen LogP contribution >= 0.6 is 0 Å². The van der Waals surface area contributed by atoms with Gasteiger partial charge in [0.05, 0.1) is 10.6 Å². The zero-order chi connectivity index (χ0) is 19.2. The van der Waals surface area contributed by atoms with Crippen molar-refractivity contribution in [1.29, 1.82) is 0 Å². The first-order chi connectivity index (χ1) is 12.8. The average Bonchev–Trinajstić information content (AvgIpc) is 3.05. The van der Waals surface area contributed by atoms with Gasteiger partial charge in [-0.05, 0) is 60.4 Å². The summed E-state index contributed by atoms with van der Waals surface area (Å²) < 4.78 is 28.2. The minimum atomic E-state index is -3.75. The van der Waals surface area contributed by atoms with Crippen LogP contribution in [0.4, 0.5) is 17.1 Å². The van der Waals surface area contributed by atoms with E-state index in [9.17, 15) is 18.0 Å². The number of carbonyl (C=O) groups excluding carboxylic acids is 2. The Bertz CT molecular complexity index is 1050. The van der Waals surface area contributed by atoms with Gasteiger partial charge < -0.3 is 10.2 Å². The third kappa shape index (κ3) is 3.28. The molecule has 27 heavy (non-hydrogen) atoms. The molecule has 2 aromatic rings. The summed E-state index contributed by atoms with van der Waals surface area (Å²) in [4.78, 5) is 25.0. The lowest BCUT2D eigenvalue weighted by Crippen LogP contribution is -2.33. The Morgan fingerprint density at radius 1 is 1.00 bits per heavy atom. The van der Waals surface area contributed by atoms with E-state index in [1.165, 1.54) is 6.92 Å². The quantitative estimate of drug-likeness (QED) is 0.844. The minimum absolute atomic E-state index is 0.106. The summed E-state index contributed by atoms with van der Waals surface area (Å²) in [6.07, 6.45) is 1.64. The van der Waals surface area contributed by atoms with Gasteiger partial charge in [-0.1, -0.05) is 0 Å². The molecule has 0 atom stereocenters. The Hall–Kier alpha value is -2.87. The zero-order valence-electron chi connectivity index (χ0n) is 14.8. The molecular weight excluding hydrogens is 366 g/mol. The predicted molar refractivity (Wildman–Crippen MR) is 102 cm³/mol. The van der Waals surface area contributed by atoms with E-state index >= 15 is 0 Å². The van der Waals surface area contributed by atoms with Gasteiger partial charge in [-0.2, -0.15) is 0 Å². The molecule has 7 nitrogen and oxygen atoms in total. The number of amides is 2. The van der Waals surface area contributed by atoms with Crippen LogP contribution in [-0.4, -0.2) is 26.8 Å². The van der Waals surface area contributed by atoms with Crippen molar-refractivity contribution < 1.29 is 18.0 Å². The van der Waals surface area contributed by atoms with Crippen molar-refractivity contribution in [3.05, 3.63) is 47.5 Å². The number of hydrogen-bond acceptors (Lipinski definition) is 4. The second kappa shape index (κ2) is 6.38. The van der Waals surface area contributed by atoms with E-state index in [1.54, 1.807) is 41.3 Å². The topological polar surface area (TPSA) is 95.6 Å². The van der Waals surface area contributed by atoms with E-state index in [-0.39, 0.29) is 16.7 Å². The van der Waals surface area contributed by atoms with E-state index < -0.39 is 10.0 Å². The van der Waals surface area contributed by atoms with Crippen LogP contribution in [0.5, 0.6) is 0 Å². The maximum absolute atomic E-state index is 12.8. The normalized spacial score (nSPS) is 15.4. The Morgan fingerprint density at radius 2 is 1.63 bits per heavy atom. The maximum atomic E-state index is 12.8. The number of rotatable bonds is 4. The van der Waals surface area contributed by atoms with Crippen molar-refractivity contribution in [2.75, 3.05) is 21.5 Å². The van der Waals surface area contributed by atoms with Gasteiger partial charge in [0.15, 0.2) is 0 Å². The maximum Gasteiger partial charge on any atom is 0.261 e. The van der Waals surface area contributed by atoms with Gasteiger partial charge in [-0.15, -0.1) is 0 Å². The van der Waals surface area contributed by atoms with Crippen molar-refractivity contribution in [2.24, 2.45) is 0 Å². The van der Waals surface area contributed by atoms with Gasteiger partial charge in [0, 0.05) is 31.3 Å². The zero-order valence-corrected chi connectivity index (χ0v) is 15.6. The second-order valence-corrected chi connectivity index (χ2v) is 8.43. The first-order valence-electron chi connectivity index (χ1n) is 8.70. The van der Waals surface area contributed by atoms with Gasteiger partial charge in [-0.3, -0.25) is 14.3 Å². The van der Waals surface area contributed by atoms with Crippen LogP contribution in [-0.2, 0) is 32.5 Å². The molecule has 0 spiro atoms. The molecule has 2 aliphatic rings. The molecule has 140 valence electrons. The Morgan fingerprint density at radius 3 is 2.30 bits per heavy atom. The van der Waals surface area contributed by atoms with E-state index in [4.69, 9.17) is 0 Å². The van der Waals surface area contributed by atoms with Crippen LogP contribution in [0.2, 0.25) is 0 Å². The first kappa shape index (κ1) is 17.5. The number of sulfonamides is 1. The monoisotopic (exact) mass is 385 g/mol. The van der Waals surface area contributed by atoms with Gasteiger partial charge in [-0.25, -0.2) is 8.42 Å². The van der Waals surface area contributed by atoms with Gasteiger partial charge >= 0.3 is 0 Å². The van der Waals surface area contributed by atoms with Crippen LogP contribution in [0.1, 0.15) is 24.5 Å². The van der Waals surface area contributed by atoms with Gasteiger partial charge in [0.25, 0.3) is 10.0 Å². The summed E-state index contributed by atoms with van der Waals surface area (Å²) in [5.41, 5.74) is 3.71. The fourth-order valence-corrected chi connectivity index (χ4v) is 4.78. The van der Waals surface area contributed by atoms with Crippen molar-refractivity contribution in [3.8, 4) is 0 Å². The highest BCUT2D eigenvalue weighted by atomic mass is 32.2. The van der Waals surface area contributed by atoms with Crippen LogP contribution in [0.25, 0.3) is 0 Å². The first-order valence-corrected chi connectivity index (χ1v) is 10.2. The predicted octanol–water partition coefficient (Wildman–Crippen LogP) is 2.28. The smallest absolute Gasteiger partial charge is 0.261 e. The molecule has 4 rings (SSSR count). The number of anilines is 3. The number of hydrogen-bond donors (Lipinski definition) is 2. The Kier molecular flexibility index (Phi) is 4.15. The van der Waals surface area contributed by atoms with Gasteiger partial charge in [0.2, 0.25) is 11.8 Å². The molecule has 2 N–H and O–H groups in total. The highest BCUT2D eigenvalue weighted by Crippen LogP contribution is 2.38. The highest BCUT2D eigenvalue weighted by Gasteiger charge is 2.32. The molecule has 0 saturated heterocycles. The molecule has 0 unspecified atom stereocenters. The molecule has 0 aromatic heterocycles. The lowest BCUT2D eigenvalue weighted by molar-refractivity contribution is -0.118. The van der Waals surface area contributed by atoms with Crippen LogP contribution in [0.3, 0.4) is 0 Å². The lowest BCUT2D eigenvalue weighted by Gasteiger charge is -2.25. The van der Waals surface area contributed by atoms with Crippen molar-refractivity contribution in [1.82, 2.24) is 0 Å². The van der Waals surface area contributed by atoms with Gasteiger partial charge in [0.1, 0.15) is 0 Å². The highest BCUT2D eigenvalue weighted by molar-refractivity contribution is 7.92. The molecular formula is C19H19N3O4S. The molecule has 8 heteroatoms. The average molecular weight is 385 g/mol. The third-order valence-corrected chi connectivity index (χ3v) is 6.15. The van der Waals surface area contributed by atoms with E-state index in [2.05, 4.69) is 10.0 Å². The summed E-state index contributed by atoms with van der Waals surface area (Å²) in [5.74, 6) is -0.0859. The molecule has 0 aliphatic carbocycles. The van der Waals surface area contributed by atoms with E-state index in [0.29, 0.717) is 37.2 Å². The fraction of sp³-hybridized carbons (Fsp3) is 0.263. The summed E-state index contributed by atoms with van der Waals surface area (Å²) in [6.45, 7) is 2.02. The molecule has 2 aliphatic heterocycles. The molecule has 0 radical (unpaired) electrons. The summed E-state index contributed by atoms with van der Waals surface area (Å²) in [5, 5.41) is 2.64. The van der Waals surface area contributed by atoms with Crippen molar-refractivity contribution in [3.63, 3.8) is 0 Å². The van der Waals surface area contributed by atoms with E-state index in [1.807, 2.05) is 0 Å². The van der Waals surface area contributed by atoms with Crippen LogP contribution < -0.4 is 14.9 Å². The molecule has 2 heterocycles. The standard InChI is InChI=1S/C19H19N3O4S/c1-12(23)20-15-3-5-16(6-4-15)21-27(25,26)17-10-13-2-7-18(24)22-9-8-14(11-17)19(13)22/h3-6,10-11,21H,2,7-9H2,1H3,(H,20,23). The largest absolute Gasteiger partial charge is 0.326 e. The van der Waals surface area contributed by atoms with E-state index in [0.717, 1.165) is 16.8 Å². The number of aryl methyl sites for hydroxylation is 1. The molecule has 0 fully saturated rings. The molecule has 2 amide bonds.